The fourth-order valence-electron chi connectivity index (χ4n) is 2.17. The summed E-state index contributed by atoms with van der Waals surface area (Å²) in [6, 6.07) is 0. The van der Waals surface area contributed by atoms with Gasteiger partial charge in [-0.1, -0.05) is 13.8 Å². The summed E-state index contributed by atoms with van der Waals surface area (Å²) in [5.41, 5.74) is 0. The lowest BCUT2D eigenvalue weighted by molar-refractivity contribution is -0.121. The second-order valence-corrected chi connectivity index (χ2v) is 6.57. The summed E-state index contributed by atoms with van der Waals surface area (Å²) in [5, 5.41) is 1.37. The summed E-state index contributed by atoms with van der Waals surface area (Å²) in [6.07, 6.45) is 2.29. The molecule has 0 amide bonds. The van der Waals surface area contributed by atoms with E-state index in [0.717, 1.165) is 25.9 Å². The van der Waals surface area contributed by atoms with Crippen LogP contribution in [0.15, 0.2) is 0 Å². The largest absolute Gasteiger partial charge is 0.298 e. The van der Waals surface area contributed by atoms with Crippen molar-refractivity contribution in [2.24, 2.45) is 5.92 Å². The molecular weight excluding hydrogens is 194 g/mol. The first-order valence-corrected chi connectivity index (χ1v) is 6.50. The molecule has 1 heterocycles. The average Bonchev–Trinajstić information content (AvgIpc) is 2.82. The van der Waals surface area contributed by atoms with E-state index in [0.29, 0.717) is 28.7 Å². The summed E-state index contributed by atoms with van der Waals surface area (Å²) >= 11 is 2.04. The Labute approximate surface area is 90.4 Å². The fourth-order valence-corrected chi connectivity index (χ4v) is 3.56. The lowest BCUT2D eigenvalue weighted by atomic mass is 10.2. The van der Waals surface area contributed by atoms with Gasteiger partial charge in [-0.05, 0) is 12.8 Å². The Bertz CT molecular complexity index is 217. The van der Waals surface area contributed by atoms with Crippen molar-refractivity contribution in [3.63, 3.8) is 0 Å². The van der Waals surface area contributed by atoms with E-state index in [-0.39, 0.29) is 0 Å². The van der Waals surface area contributed by atoms with Crippen LogP contribution in [0.4, 0.5) is 0 Å². The van der Waals surface area contributed by atoms with Crippen molar-refractivity contribution in [2.75, 3.05) is 19.6 Å². The smallest absolute Gasteiger partial charge is 0.149 e. The van der Waals surface area contributed by atoms with E-state index < -0.39 is 0 Å². The van der Waals surface area contributed by atoms with Gasteiger partial charge >= 0.3 is 0 Å². The second kappa shape index (κ2) is 4.23. The molecule has 2 fully saturated rings. The molecular formula is C11H19NOS. The zero-order valence-electron chi connectivity index (χ0n) is 9.03. The molecule has 1 saturated heterocycles. The van der Waals surface area contributed by atoms with E-state index in [2.05, 4.69) is 18.7 Å². The summed E-state index contributed by atoms with van der Waals surface area (Å²) < 4.78 is 0. The number of hydrogen-bond acceptors (Lipinski definition) is 3. The monoisotopic (exact) mass is 213 g/mol. The van der Waals surface area contributed by atoms with Gasteiger partial charge in [0.05, 0.1) is 6.54 Å². The van der Waals surface area contributed by atoms with E-state index in [4.69, 9.17) is 0 Å². The molecule has 0 aromatic heterocycles. The molecule has 80 valence electrons. The molecule has 1 aliphatic heterocycles. The van der Waals surface area contributed by atoms with Gasteiger partial charge in [0.15, 0.2) is 0 Å². The van der Waals surface area contributed by atoms with Gasteiger partial charge in [-0.3, -0.25) is 9.69 Å². The van der Waals surface area contributed by atoms with Gasteiger partial charge in [-0.15, -0.1) is 0 Å². The zero-order chi connectivity index (χ0) is 10.1. The minimum absolute atomic E-state index is 0.426. The highest BCUT2D eigenvalue weighted by atomic mass is 32.2. The first-order valence-electron chi connectivity index (χ1n) is 5.55. The average molecular weight is 213 g/mol. The van der Waals surface area contributed by atoms with Gasteiger partial charge in [-0.25, -0.2) is 0 Å². The highest BCUT2D eigenvalue weighted by Gasteiger charge is 2.32. The first kappa shape index (κ1) is 10.5. The van der Waals surface area contributed by atoms with Crippen molar-refractivity contribution >= 4 is 17.5 Å². The molecule has 2 aliphatic rings. The molecule has 3 heteroatoms. The Kier molecular flexibility index (Phi) is 3.17. The molecule has 2 unspecified atom stereocenters. The predicted molar refractivity (Wildman–Crippen MR) is 60.7 cm³/mol. The van der Waals surface area contributed by atoms with Crippen LogP contribution in [0.1, 0.15) is 26.7 Å². The summed E-state index contributed by atoms with van der Waals surface area (Å²) in [7, 11) is 0. The van der Waals surface area contributed by atoms with Gasteiger partial charge < -0.3 is 0 Å². The van der Waals surface area contributed by atoms with Crippen LogP contribution in [0.2, 0.25) is 0 Å². The van der Waals surface area contributed by atoms with Crippen molar-refractivity contribution < 1.29 is 4.79 Å². The lowest BCUT2D eigenvalue weighted by Crippen LogP contribution is -2.43. The Morgan fingerprint density at radius 1 is 1.29 bits per heavy atom. The van der Waals surface area contributed by atoms with E-state index in [1.54, 1.807) is 0 Å². The maximum atomic E-state index is 11.6. The number of Topliss-reactive ketones (excluding diaryl/α,β-unsaturated/α-hetero) is 1. The number of thioether (sulfide) groups is 1. The number of carbonyl (C=O) groups is 1. The van der Waals surface area contributed by atoms with E-state index >= 15 is 0 Å². The molecule has 2 nitrogen and oxygen atoms in total. The molecule has 2 rings (SSSR count). The van der Waals surface area contributed by atoms with Crippen LogP contribution in [-0.2, 0) is 4.79 Å². The second-order valence-electron chi connectivity index (χ2n) is 4.69. The molecule has 0 spiro atoms. The van der Waals surface area contributed by atoms with Crippen LogP contribution in [0, 0.1) is 5.92 Å². The minimum Gasteiger partial charge on any atom is -0.298 e. The minimum atomic E-state index is 0.426. The molecule has 2 atom stereocenters. The van der Waals surface area contributed by atoms with Crippen LogP contribution in [0.5, 0.6) is 0 Å². The molecule has 14 heavy (non-hydrogen) atoms. The van der Waals surface area contributed by atoms with Crippen LogP contribution < -0.4 is 0 Å². The quantitative estimate of drug-likeness (QED) is 0.713. The number of rotatable bonds is 3. The molecule has 0 bridgehead atoms. The van der Waals surface area contributed by atoms with E-state index in [9.17, 15) is 4.79 Å². The molecule has 1 saturated carbocycles. The Balaban J connectivity index is 1.81. The highest BCUT2D eigenvalue weighted by Crippen LogP contribution is 2.31. The third-order valence-electron chi connectivity index (χ3n) is 2.91. The van der Waals surface area contributed by atoms with Crippen molar-refractivity contribution in [1.82, 2.24) is 4.90 Å². The standard InChI is InChI=1S/C11H19NOS/c1-8-5-12(6-9(2)14-8)7-11(13)10-3-4-10/h8-10H,3-7H2,1-2H3. The normalized spacial score (nSPS) is 34.4. The van der Waals surface area contributed by atoms with Crippen LogP contribution in [0.3, 0.4) is 0 Å². The van der Waals surface area contributed by atoms with Gasteiger partial charge in [0, 0.05) is 29.5 Å². The molecule has 0 radical (unpaired) electrons. The van der Waals surface area contributed by atoms with Crippen molar-refractivity contribution in [3.05, 3.63) is 0 Å². The van der Waals surface area contributed by atoms with Crippen LogP contribution in [-0.4, -0.2) is 40.8 Å². The molecule has 1 aliphatic carbocycles. The number of carbonyl (C=O) groups excluding carboxylic acids is 1. The third kappa shape index (κ3) is 2.74. The van der Waals surface area contributed by atoms with Crippen molar-refractivity contribution in [2.45, 2.75) is 37.2 Å². The van der Waals surface area contributed by atoms with E-state index in [1.165, 1.54) is 0 Å². The maximum absolute atomic E-state index is 11.6. The van der Waals surface area contributed by atoms with Crippen LogP contribution in [0.25, 0.3) is 0 Å². The SMILES string of the molecule is CC1CN(CC(=O)C2CC2)CC(C)S1. The van der Waals surface area contributed by atoms with E-state index in [1.807, 2.05) is 11.8 Å². The lowest BCUT2D eigenvalue weighted by Gasteiger charge is -2.34. The van der Waals surface area contributed by atoms with Crippen LogP contribution >= 0.6 is 11.8 Å². The van der Waals surface area contributed by atoms with Crippen molar-refractivity contribution in [1.29, 1.82) is 0 Å². The number of hydrogen-bond donors (Lipinski definition) is 0. The highest BCUT2D eigenvalue weighted by molar-refractivity contribution is 8.00. The number of ketones is 1. The first-order chi connectivity index (χ1) is 6.65. The summed E-state index contributed by atoms with van der Waals surface area (Å²) in [5.74, 6) is 0.909. The summed E-state index contributed by atoms with van der Waals surface area (Å²) in [6.45, 7) is 7.41. The summed E-state index contributed by atoms with van der Waals surface area (Å²) in [4.78, 5) is 14.0. The van der Waals surface area contributed by atoms with Gasteiger partial charge in [-0.2, -0.15) is 11.8 Å². The predicted octanol–water partition coefficient (Wildman–Crippen LogP) is 1.79. The molecule has 0 aromatic carbocycles. The number of nitrogens with zero attached hydrogens (tertiary/aromatic N) is 1. The fraction of sp³-hybridized carbons (Fsp3) is 0.909. The topological polar surface area (TPSA) is 20.3 Å². The molecule has 0 N–H and O–H groups in total. The van der Waals surface area contributed by atoms with Gasteiger partial charge in [0.25, 0.3) is 0 Å². The Morgan fingerprint density at radius 2 is 1.86 bits per heavy atom. The van der Waals surface area contributed by atoms with Gasteiger partial charge in [0.1, 0.15) is 5.78 Å². The Morgan fingerprint density at radius 3 is 2.36 bits per heavy atom. The van der Waals surface area contributed by atoms with Crippen molar-refractivity contribution in [3.8, 4) is 0 Å². The third-order valence-corrected chi connectivity index (χ3v) is 4.13. The maximum Gasteiger partial charge on any atom is 0.149 e. The zero-order valence-corrected chi connectivity index (χ0v) is 9.85. The Hall–Kier alpha value is -0.0200. The molecule has 0 aromatic rings. The van der Waals surface area contributed by atoms with Gasteiger partial charge in [0.2, 0.25) is 0 Å².